The predicted octanol–water partition coefficient (Wildman–Crippen LogP) is 3.12. The average Bonchev–Trinajstić information content (AvgIpc) is 2.48. The summed E-state index contributed by atoms with van der Waals surface area (Å²) < 4.78 is 0.746. The highest BCUT2D eigenvalue weighted by Crippen LogP contribution is 2.15. The Kier molecular flexibility index (Phi) is 5.11. The molecule has 1 amide bonds. The molecule has 2 rings (SSSR count). The van der Waals surface area contributed by atoms with E-state index >= 15 is 0 Å². The third kappa shape index (κ3) is 4.16. The van der Waals surface area contributed by atoms with Crippen LogP contribution in [-0.4, -0.2) is 23.5 Å². The fraction of sp³-hybridized carbons (Fsp3) is 0.125. The Bertz CT molecular complexity index is 670. The molecule has 0 fully saturated rings. The molecule has 0 aromatic heterocycles. The first-order valence-electron chi connectivity index (χ1n) is 6.43. The molecule has 5 heteroatoms. The Hall–Kier alpha value is -2.14. The summed E-state index contributed by atoms with van der Waals surface area (Å²) in [4.78, 5) is 22.9. The Morgan fingerprint density at radius 2 is 1.86 bits per heavy atom. The van der Waals surface area contributed by atoms with Crippen LogP contribution in [0.15, 0.2) is 53.0 Å². The third-order valence-electron chi connectivity index (χ3n) is 2.99. The molecule has 108 valence electrons. The number of halogens is 1. The van der Waals surface area contributed by atoms with E-state index in [0.29, 0.717) is 18.5 Å². The summed E-state index contributed by atoms with van der Waals surface area (Å²) >= 11 is 3.33. The monoisotopic (exact) mass is 347 g/mol. The highest BCUT2D eigenvalue weighted by molar-refractivity contribution is 9.10. The van der Waals surface area contributed by atoms with Crippen molar-refractivity contribution < 1.29 is 14.7 Å². The quantitative estimate of drug-likeness (QED) is 0.873. The van der Waals surface area contributed by atoms with Crippen molar-refractivity contribution in [1.29, 1.82) is 0 Å². The van der Waals surface area contributed by atoms with E-state index in [0.717, 1.165) is 10.0 Å². The van der Waals surface area contributed by atoms with Crippen LogP contribution in [0, 0.1) is 0 Å². The maximum Gasteiger partial charge on any atom is 0.335 e. The van der Waals surface area contributed by atoms with Gasteiger partial charge in [0.2, 0.25) is 0 Å². The molecule has 0 heterocycles. The van der Waals surface area contributed by atoms with E-state index in [1.165, 1.54) is 0 Å². The van der Waals surface area contributed by atoms with Gasteiger partial charge in [-0.1, -0.05) is 24.3 Å². The number of carbonyl (C=O) groups excluding carboxylic acids is 1. The number of nitrogens with one attached hydrogen (secondary N) is 1. The fourth-order valence-corrected chi connectivity index (χ4v) is 2.39. The zero-order valence-electron chi connectivity index (χ0n) is 11.2. The number of hydrogen-bond acceptors (Lipinski definition) is 2. The zero-order valence-corrected chi connectivity index (χ0v) is 12.8. The lowest BCUT2D eigenvalue weighted by atomic mass is 10.1. The number of carboxylic acids is 1. The molecule has 0 bridgehead atoms. The maximum absolute atomic E-state index is 12.0. The summed E-state index contributed by atoms with van der Waals surface area (Å²) in [7, 11) is 0. The molecule has 0 radical (unpaired) electrons. The number of rotatable bonds is 5. The van der Waals surface area contributed by atoms with Crippen LogP contribution < -0.4 is 5.32 Å². The van der Waals surface area contributed by atoms with Gasteiger partial charge in [-0.3, -0.25) is 4.79 Å². The SMILES string of the molecule is O=C(O)c1cccc(CCNC(=O)c2ccccc2Br)c1. The molecule has 0 aliphatic carbocycles. The average molecular weight is 348 g/mol. The van der Waals surface area contributed by atoms with Gasteiger partial charge >= 0.3 is 5.97 Å². The predicted molar refractivity (Wildman–Crippen MR) is 83.6 cm³/mol. The zero-order chi connectivity index (χ0) is 15.2. The molecular weight excluding hydrogens is 334 g/mol. The van der Waals surface area contributed by atoms with Crippen molar-refractivity contribution in [3.05, 3.63) is 69.7 Å². The second-order valence-corrected chi connectivity index (χ2v) is 5.35. The normalized spacial score (nSPS) is 10.1. The Labute approximate surface area is 130 Å². The molecule has 2 N–H and O–H groups in total. The van der Waals surface area contributed by atoms with E-state index in [2.05, 4.69) is 21.2 Å². The third-order valence-corrected chi connectivity index (χ3v) is 3.68. The van der Waals surface area contributed by atoms with Gasteiger partial charge < -0.3 is 10.4 Å². The van der Waals surface area contributed by atoms with E-state index in [4.69, 9.17) is 5.11 Å². The lowest BCUT2D eigenvalue weighted by molar-refractivity contribution is 0.0696. The maximum atomic E-state index is 12.0. The smallest absolute Gasteiger partial charge is 0.335 e. The molecular formula is C16H14BrNO3. The van der Waals surface area contributed by atoms with Gasteiger partial charge in [0.25, 0.3) is 5.91 Å². The topological polar surface area (TPSA) is 66.4 Å². The number of benzene rings is 2. The van der Waals surface area contributed by atoms with Crippen LogP contribution in [0.3, 0.4) is 0 Å². The Balaban J connectivity index is 1.93. The number of carbonyl (C=O) groups is 2. The van der Waals surface area contributed by atoms with E-state index in [-0.39, 0.29) is 11.5 Å². The van der Waals surface area contributed by atoms with Crippen molar-refractivity contribution >= 4 is 27.8 Å². The van der Waals surface area contributed by atoms with Gasteiger partial charge in [0.05, 0.1) is 11.1 Å². The second-order valence-electron chi connectivity index (χ2n) is 4.49. The minimum Gasteiger partial charge on any atom is -0.478 e. The summed E-state index contributed by atoms with van der Waals surface area (Å²) in [5.74, 6) is -1.11. The van der Waals surface area contributed by atoms with Crippen LogP contribution in [0.2, 0.25) is 0 Å². The van der Waals surface area contributed by atoms with Crippen molar-refractivity contribution in [2.45, 2.75) is 6.42 Å². The van der Waals surface area contributed by atoms with E-state index in [1.807, 2.05) is 18.2 Å². The highest BCUT2D eigenvalue weighted by Gasteiger charge is 2.08. The summed E-state index contributed by atoms with van der Waals surface area (Å²) in [6.45, 7) is 0.448. The van der Waals surface area contributed by atoms with Crippen LogP contribution in [0.1, 0.15) is 26.3 Å². The largest absolute Gasteiger partial charge is 0.478 e. The highest BCUT2D eigenvalue weighted by atomic mass is 79.9. The molecule has 2 aromatic rings. The summed E-state index contributed by atoms with van der Waals surface area (Å²) in [5, 5.41) is 11.7. The lowest BCUT2D eigenvalue weighted by Crippen LogP contribution is -2.26. The fourth-order valence-electron chi connectivity index (χ4n) is 1.92. The Morgan fingerprint density at radius 3 is 2.57 bits per heavy atom. The molecule has 0 aliphatic heterocycles. The molecule has 0 atom stereocenters. The first-order chi connectivity index (χ1) is 10.1. The van der Waals surface area contributed by atoms with Crippen molar-refractivity contribution in [1.82, 2.24) is 5.32 Å². The van der Waals surface area contributed by atoms with E-state index in [9.17, 15) is 9.59 Å². The minimum atomic E-state index is -0.950. The molecule has 4 nitrogen and oxygen atoms in total. The number of carboxylic acid groups (broad SMARTS) is 1. The van der Waals surface area contributed by atoms with Crippen molar-refractivity contribution in [2.24, 2.45) is 0 Å². The number of aromatic carboxylic acids is 1. The van der Waals surface area contributed by atoms with Gasteiger partial charge in [0, 0.05) is 11.0 Å². The molecule has 0 saturated carbocycles. The second kappa shape index (κ2) is 7.04. The van der Waals surface area contributed by atoms with Crippen LogP contribution in [0.4, 0.5) is 0 Å². The Morgan fingerprint density at radius 1 is 1.10 bits per heavy atom. The van der Waals surface area contributed by atoms with Gasteiger partial charge in [-0.05, 0) is 52.2 Å². The summed E-state index contributed by atoms with van der Waals surface area (Å²) in [6, 6.07) is 13.9. The van der Waals surface area contributed by atoms with Crippen LogP contribution in [0.25, 0.3) is 0 Å². The summed E-state index contributed by atoms with van der Waals surface area (Å²) in [5.41, 5.74) is 1.71. The number of hydrogen-bond donors (Lipinski definition) is 2. The molecule has 0 saturated heterocycles. The first-order valence-corrected chi connectivity index (χ1v) is 7.22. The summed E-state index contributed by atoms with van der Waals surface area (Å²) in [6.07, 6.45) is 0.581. The lowest BCUT2D eigenvalue weighted by Gasteiger charge is -2.07. The first kappa shape index (κ1) is 15.3. The van der Waals surface area contributed by atoms with Crippen LogP contribution >= 0.6 is 15.9 Å². The minimum absolute atomic E-state index is 0.156. The van der Waals surface area contributed by atoms with Gasteiger partial charge in [-0.15, -0.1) is 0 Å². The molecule has 2 aromatic carbocycles. The van der Waals surface area contributed by atoms with Gasteiger partial charge in [0.1, 0.15) is 0 Å². The van der Waals surface area contributed by atoms with Crippen molar-refractivity contribution in [2.75, 3.05) is 6.54 Å². The van der Waals surface area contributed by atoms with Crippen LogP contribution in [0.5, 0.6) is 0 Å². The number of amides is 1. The van der Waals surface area contributed by atoms with Crippen molar-refractivity contribution in [3.63, 3.8) is 0 Å². The standard InChI is InChI=1S/C16H14BrNO3/c17-14-7-2-1-6-13(14)15(19)18-9-8-11-4-3-5-12(10-11)16(20)21/h1-7,10H,8-9H2,(H,18,19)(H,20,21). The van der Waals surface area contributed by atoms with E-state index in [1.54, 1.807) is 30.3 Å². The van der Waals surface area contributed by atoms with Crippen LogP contribution in [-0.2, 0) is 6.42 Å². The van der Waals surface area contributed by atoms with E-state index < -0.39 is 5.97 Å². The molecule has 21 heavy (non-hydrogen) atoms. The molecule has 0 aliphatic rings. The molecule has 0 unspecified atom stereocenters. The van der Waals surface area contributed by atoms with Gasteiger partial charge in [-0.25, -0.2) is 4.79 Å². The van der Waals surface area contributed by atoms with Gasteiger partial charge in [-0.2, -0.15) is 0 Å². The van der Waals surface area contributed by atoms with Gasteiger partial charge in [0.15, 0.2) is 0 Å². The van der Waals surface area contributed by atoms with Crippen molar-refractivity contribution in [3.8, 4) is 0 Å². The molecule has 0 spiro atoms.